The lowest BCUT2D eigenvalue weighted by atomic mass is 10.0. The molecule has 0 radical (unpaired) electrons. The molecule has 0 saturated carbocycles. The lowest BCUT2D eigenvalue weighted by Gasteiger charge is -2.22. The minimum Gasteiger partial charge on any atom is -0.497 e. The van der Waals surface area contributed by atoms with Crippen LogP contribution in [-0.4, -0.2) is 54.1 Å². The lowest BCUT2D eigenvalue weighted by Crippen LogP contribution is -2.51. The second-order valence-electron chi connectivity index (χ2n) is 7.96. The van der Waals surface area contributed by atoms with Gasteiger partial charge in [-0.05, 0) is 53.6 Å². The van der Waals surface area contributed by atoms with Crippen molar-refractivity contribution >= 4 is 40.8 Å². The maximum atomic E-state index is 12.7. The van der Waals surface area contributed by atoms with Gasteiger partial charge in [0.05, 0.1) is 12.0 Å². The number of hydrogen-bond donors (Lipinski definition) is 2. The summed E-state index contributed by atoms with van der Waals surface area (Å²) in [5.74, 6) is -0.702. The van der Waals surface area contributed by atoms with Gasteiger partial charge < -0.3 is 15.4 Å². The summed E-state index contributed by atoms with van der Waals surface area (Å²) in [6.45, 7) is 3.77. The Morgan fingerprint density at radius 2 is 1.74 bits per heavy atom. The van der Waals surface area contributed by atoms with Gasteiger partial charge in [0.15, 0.2) is 0 Å². The molecule has 0 aromatic heterocycles. The Hall–Kier alpha value is -3.59. The summed E-state index contributed by atoms with van der Waals surface area (Å²) >= 11 is 0.875. The van der Waals surface area contributed by atoms with Crippen molar-refractivity contribution in [1.29, 1.82) is 0 Å². The number of thioether (sulfide) groups is 1. The number of nitrogens with zero attached hydrogens (tertiary/aromatic N) is 1. The first-order valence-corrected chi connectivity index (χ1v) is 11.6. The van der Waals surface area contributed by atoms with Gasteiger partial charge in [-0.3, -0.25) is 24.1 Å². The van der Waals surface area contributed by atoms with Crippen molar-refractivity contribution in [1.82, 2.24) is 15.5 Å². The Morgan fingerprint density at radius 3 is 2.35 bits per heavy atom. The molecule has 2 N–H and O–H groups in total. The molecule has 1 atom stereocenters. The molecule has 9 heteroatoms. The molecule has 1 saturated heterocycles. The quantitative estimate of drug-likeness (QED) is 0.533. The first kappa shape index (κ1) is 25.0. The molecule has 0 spiro atoms. The summed E-state index contributed by atoms with van der Waals surface area (Å²) in [5, 5.41) is 5.09. The first-order chi connectivity index (χ1) is 16.3. The van der Waals surface area contributed by atoms with Crippen LogP contribution >= 0.6 is 11.8 Å². The fraction of sp³-hybridized carbons (Fsp3) is 0.280. The van der Waals surface area contributed by atoms with Crippen LogP contribution in [0.2, 0.25) is 0 Å². The fourth-order valence-corrected chi connectivity index (χ4v) is 4.16. The van der Waals surface area contributed by atoms with Gasteiger partial charge >= 0.3 is 0 Å². The van der Waals surface area contributed by atoms with E-state index in [1.165, 1.54) is 7.11 Å². The summed E-state index contributed by atoms with van der Waals surface area (Å²) < 4.78 is 5.09. The molecule has 1 fully saturated rings. The summed E-state index contributed by atoms with van der Waals surface area (Å²) in [4.78, 5) is 51.7. The predicted octanol–water partition coefficient (Wildman–Crippen LogP) is 3.30. The largest absolute Gasteiger partial charge is 0.497 e. The highest BCUT2D eigenvalue weighted by Gasteiger charge is 2.35. The smallest absolute Gasteiger partial charge is 0.293 e. The molecule has 34 heavy (non-hydrogen) atoms. The molecule has 3 rings (SSSR count). The Bertz CT molecular complexity index is 1080. The fourth-order valence-electron chi connectivity index (χ4n) is 3.30. The number of methoxy groups -OCH3 is 1. The molecule has 178 valence electrons. The molecule has 4 amide bonds. The van der Waals surface area contributed by atoms with Crippen LogP contribution in [0, 0.1) is 5.92 Å². The third kappa shape index (κ3) is 6.26. The summed E-state index contributed by atoms with van der Waals surface area (Å²) in [7, 11) is 1.54. The number of hydrogen-bond acceptors (Lipinski definition) is 6. The summed E-state index contributed by atoms with van der Waals surface area (Å²) in [6.07, 6.45) is 1.67. The number of rotatable bonds is 9. The Labute approximate surface area is 202 Å². The van der Waals surface area contributed by atoms with E-state index in [0.717, 1.165) is 22.2 Å². The van der Waals surface area contributed by atoms with Gasteiger partial charge in [0.1, 0.15) is 11.8 Å². The van der Waals surface area contributed by atoms with Crippen molar-refractivity contribution in [2.45, 2.75) is 19.9 Å². The minimum atomic E-state index is -0.775. The van der Waals surface area contributed by atoms with E-state index in [2.05, 4.69) is 10.6 Å². The normalized spacial score (nSPS) is 15.5. The van der Waals surface area contributed by atoms with Crippen LogP contribution in [0.1, 0.15) is 29.8 Å². The topological polar surface area (TPSA) is 105 Å². The zero-order valence-electron chi connectivity index (χ0n) is 19.2. The molecular weight excluding hydrogens is 454 g/mol. The lowest BCUT2D eigenvalue weighted by molar-refractivity contribution is -0.125. The van der Waals surface area contributed by atoms with Gasteiger partial charge in [-0.2, -0.15) is 0 Å². The third-order valence-corrected chi connectivity index (χ3v) is 6.10. The molecule has 1 heterocycles. The van der Waals surface area contributed by atoms with Crippen LogP contribution in [0.15, 0.2) is 59.5 Å². The molecule has 0 bridgehead atoms. The molecule has 1 aliphatic rings. The zero-order chi connectivity index (χ0) is 24.7. The minimum absolute atomic E-state index is 0.0414. The zero-order valence-corrected chi connectivity index (χ0v) is 20.1. The number of imide groups is 1. The van der Waals surface area contributed by atoms with Crippen LogP contribution in [0.3, 0.4) is 0 Å². The molecule has 1 aliphatic heterocycles. The van der Waals surface area contributed by atoms with E-state index in [0.29, 0.717) is 16.2 Å². The van der Waals surface area contributed by atoms with Gasteiger partial charge in [-0.25, -0.2) is 0 Å². The maximum absolute atomic E-state index is 12.7. The van der Waals surface area contributed by atoms with E-state index >= 15 is 0 Å². The molecule has 2 aromatic carbocycles. The Balaban J connectivity index is 1.55. The average Bonchev–Trinajstić information content (AvgIpc) is 3.10. The molecule has 0 aliphatic carbocycles. The molecule has 2 aromatic rings. The van der Waals surface area contributed by atoms with Gasteiger partial charge in [0.2, 0.25) is 5.91 Å². The van der Waals surface area contributed by atoms with E-state index < -0.39 is 6.04 Å². The number of amides is 4. The van der Waals surface area contributed by atoms with Gasteiger partial charge in [-0.15, -0.1) is 0 Å². The predicted molar refractivity (Wildman–Crippen MR) is 131 cm³/mol. The number of benzene rings is 2. The molecular formula is C25H27N3O5S. The van der Waals surface area contributed by atoms with Crippen molar-refractivity contribution in [3.8, 4) is 5.75 Å². The molecule has 0 unspecified atom stereocenters. The van der Waals surface area contributed by atoms with E-state index in [4.69, 9.17) is 4.74 Å². The van der Waals surface area contributed by atoms with Crippen LogP contribution < -0.4 is 15.4 Å². The van der Waals surface area contributed by atoms with Crippen molar-refractivity contribution in [2.75, 3.05) is 20.2 Å². The van der Waals surface area contributed by atoms with Crippen LogP contribution in [-0.2, 0) is 9.59 Å². The monoisotopic (exact) mass is 481 g/mol. The van der Waals surface area contributed by atoms with Crippen LogP contribution in [0.25, 0.3) is 6.08 Å². The highest BCUT2D eigenvalue weighted by atomic mass is 32.2. The second kappa shape index (κ2) is 11.5. The molecule has 8 nitrogen and oxygen atoms in total. The van der Waals surface area contributed by atoms with Crippen molar-refractivity contribution in [3.63, 3.8) is 0 Å². The van der Waals surface area contributed by atoms with Crippen LogP contribution in [0.4, 0.5) is 4.79 Å². The van der Waals surface area contributed by atoms with Crippen molar-refractivity contribution in [2.24, 2.45) is 5.92 Å². The van der Waals surface area contributed by atoms with Gasteiger partial charge in [0.25, 0.3) is 17.1 Å². The maximum Gasteiger partial charge on any atom is 0.293 e. The first-order valence-electron chi connectivity index (χ1n) is 10.8. The Morgan fingerprint density at radius 1 is 1.06 bits per heavy atom. The van der Waals surface area contributed by atoms with Gasteiger partial charge in [0, 0.05) is 18.7 Å². The number of carbonyl (C=O) groups is 4. The third-order valence-electron chi connectivity index (χ3n) is 5.19. The van der Waals surface area contributed by atoms with E-state index in [-0.39, 0.29) is 42.0 Å². The van der Waals surface area contributed by atoms with E-state index in [1.807, 2.05) is 44.2 Å². The summed E-state index contributed by atoms with van der Waals surface area (Å²) in [6, 6.07) is 15.1. The average molecular weight is 482 g/mol. The van der Waals surface area contributed by atoms with E-state index in [1.54, 1.807) is 30.3 Å². The van der Waals surface area contributed by atoms with Crippen LogP contribution in [0.5, 0.6) is 5.75 Å². The summed E-state index contributed by atoms with van der Waals surface area (Å²) in [5.41, 5.74) is 1.23. The number of carbonyl (C=O) groups excluding carboxylic acids is 4. The Kier molecular flexibility index (Phi) is 8.48. The SMILES string of the molecule is COc1ccc(C(=O)N[C@H](C(=O)NCCN2C(=O)S/C(=C/c3ccccc3)C2=O)C(C)C)cc1. The highest BCUT2D eigenvalue weighted by molar-refractivity contribution is 8.18. The number of ether oxygens (including phenoxy) is 1. The van der Waals surface area contributed by atoms with E-state index in [9.17, 15) is 19.2 Å². The highest BCUT2D eigenvalue weighted by Crippen LogP contribution is 2.31. The second-order valence-corrected chi connectivity index (χ2v) is 8.95. The van der Waals surface area contributed by atoms with Gasteiger partial charge in [-0.1, -0.05) is 44.2 Å². The van der Waals surface area contributed by atoms with Crippen molar-refractivity contribution < 1.29 is 23.9 Å². The standard InChI is InChI=1S/C25H27N3O5S/c1-16(2)21(27-22(29)18-9-11-19(33-3)12-10-18)23(30)26-13-14-28-24(31)20(34-25(28)32)15-17-7-5-4-6-8-17/h4-12,15-16,21H,13-14H2,1-3H3,(H,26,30)(H,27,29)/b20-15+/t21-/m0/s1. The van der Waals surface area contributed by atoms with Crippen molar-refractivity contribution in [3.05, 3.63) is 70.6 Å². The number of nitrogens with one attached hydrogen (secondary N) is 2.